The number of benzene rings is 2. The molecule has 0 aliphatic carbocycles. The van der Waals surface area contributed by atoms with Crippen LogP contribution in [0.25, 0.3) is 22.1 Å². The molecule has 110 valence electrons. The van der Waals surface area contributed by atoms with E-state index in [9.17, 15) is 4.79 Å². The zero-order valence-corrected chi connectivity index (χ0v) is 12.8. The van der Waals surface area contributed by atoms with E-state index in [-0.39, 0.29) is 6.61 Å². The zero-order valence-electron chi connectivity index (χ0n) is 11.2. The highest BCUT2D eigenvalue weighted by molar-refractivity contribution is 7.00. The number of aromatic nitrogens is 4. The molecule has 0 radical (unpaired) electrons. The van der Waals surface area contributed by atoms with Crippen LogP contribution in [0.2, 0.25) is 0 Å². The van der Waals surface area contributed by atoms with Crippen molar-refractivity contribution in [3.8, 4) is 0 Å². The van der Waals surface area contributed by atoms with Crippen molar-refractivity contribution in [1.29, 1.82) is 0 Å². The number of hydrogen-bond acceptors (Lipinski definition) is 8. The summed E-state index contributed by atoms with van der Waals surface area (Å²) < 4.78 is 16.1. The first kappa shape index (κ1) is 14.6. The lowest BCUT2D eigenvalue weighted by molar-refractivity contribution is 0.112. The van der Waals surface area contributed by atoms with E-state index in [2.05, 4.69) is 17.5 Å². The van der Waals surface area contributed by atoms with E-state index in [4.69, 9.17) is 5.11 Å². The SMILES string of the molecule is O=Cc1ccc2nsnc2c1.OCc1ccc2nsnc2c1. The molecule has 0 atom stereocenters. The van der Waals surface area contributed by atoms with Gasteiger partial charge in [-0.05, 0) is 35.9 Å². The molecule has 0 bridgehead atoms. The number of carbonyl (C=O) groups excluding carboxylic acids is 1. The summed E-state index contributed by atoms with van der Waals surface area (Å²) in [6.45, 7) is 0.0630. The van der Waals surface area contributed by atoms with Crippen LogP contribution in [0.3, 0.4) is 0 Å². The van der Waals surface area contributed by atoms with Crippen molar-refractivity contribution in [1.82, 2.24) is 17.5 Å². The Morgan fingerprint density at radius 2 is 1.45 bits per heavy atom. The van der Waals surface area contributed by atoms with Crippen LogP contribution in [0, 0.1) is 0 Å². The quantitative estimate of drug-likeness (QED) is 0.568. The first-order valence-electron chi connectivity index (χ1n) is 6.29. The second-order valence-electron chi connectivity index (χ2n) is 4.38. The smallest absolute Gasteiger partial charge is 0.150 e. The summed E-state index contributed by atoms with van der Waals surface area (Å²) in [4.78, 5) is 10.3. The Labute approximate surface area is 133 Å². The van der Waals surface area contributed by atoms with Gasteiger partial charge >= 0.3 is 0 Å². The van der Waals surface area contributed by atoms with Gasteiger partial charge in [-0.25, -0.2) is 0 Å². The lowest BCUT2D eigenvalue weighted by Crippen LogP contribution is -1.81. The second-order valence-corrected chi connectivity index (χ2v) is 5.43. The van der Waals surface area contributed by atoms with Crippen molar-refractivity contribution < 1.29 is 9.90 Å². The number of fused-ring (bicyclic) bond motifs is 2. The van der Waals surface area contributed by atoms with Crippen LogP contribution >= 0.6 is 23.5 Å². The van der Waals surface area contributed by atoms with Crippen molar-refractivity contribution >= 4 is 51.8 Å². The first-order chi connectivity index (χ1) is 10.8. The minimum absolute atomic E-state index is 0.0630. The lowest BCUT2D eigenvalue weighted by atomic mass is 10.2. The highest BCUT2D eigenvalue weighted by Crippen LogP contribution is 2.13. The summed E-state index contributed by atoms with van der Waals surface area (Å²) in [6, 6.07) is 10.8. The molecule has 1 N–H and O–H groups in total. The third-order valence-corrected chi connectivity index (χ3v) is 4.03. The van der Waals surface area contributed by atoms with Crippen LogP contribution in [0.4, 0.5) is 0 Å². The number of aldehydes is 1. The molecular weight excluding hydrogens is 320 g/mol. The first-order valence-corrected chi connectivity index (χ1v) is 7.76. The van der Waals surface area contributed by atoms with Crippen molar-refractivity contribution in [2.24, 2.45) is 0 Å². The van der Waals surface area contributed by atoms with Gasteiger partial charge in [0.15, 0.2) is 0 Å². The Balaban J connectivity index is 0.000000131. The van der Waals surface area contributed by atoms with Gasteiger partial charge in [0.2, 0.25) is 0 Å². The third-order valence-electron chi connectivity index (χ3n) is 2.91. The standard InChI is InChI=1S/C7H6N2OS.C7H4N2OS/c2*10-4-5-1-2-6-7(3-5)9-11-8-6/h1-3,10H,4H2;1-4H. The average Bonchev–Trinajstić information content (AvgIpc) is 3.22. The summed E-state index contributed by atoms with van der Waals surface area (Å²) in [5, 5.41) is 8.79. The van der Waals surface area contributed by atoms with Crippen molar-refractivity contribution in [3.63, 3.8) is 0 Å². The van der Waals surface area contributed by atoms with Gasteiger partial charge in [-0.2, -0.15) is 17.5 Å². The summed E-state index contributed by atoms with van der Waals surface area (Å²) in [5.41, 5.74) is 4.92. The van der Waals surface area contributed by atoms with Gasteiger partial charge in [-0.3, -0.25) is 4.79 Å². The molecular formula is C14H10N4O2S2. The maximum absolute atomic E-state index is 10.3. The van der Waals surface area contributed by atoms with E-state index in [0.29, 0.717) is 5.56 Å². The van der Waals surface area contributed by atoms with Crippen LogP contribution in [0.1, 0.15) is 15.9 Å². The molecule has 0 saturated carbocycles. The Hall–Kier alpha value is -2.29. The predicted octanol–water partition coefficient (Wildman–Crippen LogP) is 2.69. The molecule has 6 nitrogen and oxygen atoms in total. The van der Waals surface area contributed by atoms with E-state index >= 15 is 0 Å². The summed E-state index contributed by atoms with van der Waals surface area (Å²) in [5.74, 6) is 0. The molecule has 0 saturated heterocycles. The van der Waals surface area contributed by atoms with E-state index in [1.807, 2.05) is 18.2 Å². The number of aliphatic hydroxyl groups is 1. The average molecular weight is 330 g/mol. The number of carbonyl (C=O) groups is 1. The maximum Gasteiger partial charge on any atom is 0.150 e. The Bertz CT molecular complexity index is 919. The molecule has 0 fully saturated rings. The van der Waals surface area contributed by atoms with Gasteiger partial charge in [0.05, 0.1) is 30.1 Å². The minimum Gasteiger partial charge on any atom is -0.392 e. The zero-order chi connectivity index (χ0) is 15.4. The van der Waals surface area contributed by atoms with Crippen molar-refractivity contribution in [3.05, 3.63) is 47.5 Å². The van der Waals surface area contributed by atoms with Gasteiger partial charge in [-0.1, -0.05) is 6.07 Å². The monoisotopic (exact) mass is 330 g/mol. The maximum atomic E-state index is 10.3. The van der Waals surface area contributed by atoms with Gasteiger partial charge in [0.25, 0.3) is 0 Å². The van der Waals surface area contributed by atoms with Gasteiger partial charge in [0, 0.05) is 5.56 Å². The third kappa shape index (κ3) is 3.14. The van der Waals surface area contributed by atoms with Crippen LogP contribution in [0.15, 0.2) is 36.4 Å². The normalized spacial score (nSPS) is 10.4. The Morgan fingerprint density at radius 3 is 2.09 bits per heavy atom. The topological polar surface area (TPSA) is 88.9 Å². The molecule has 0 unspecified atom stereocenters. The van der Waals surface area contributed by atoms with Crippen LogP contribution in [-0.2, 0) is 6.61 Å². The molecule has 8 heteroatoms. The number of hydrogen-bond donors (Lipinski definition) is 1. The molecule has 4 aromatic rings. The van der Waals surface area contributed by atoms with Crippen molar-refractivity contribution in [2.75, 3.05) is 0 Å². The molecule has 2 aromatic carbocycles. The van der Waals surface area contributed by atoms with Gasteiger partial charge < -0.3 is 5.11 Å². The highest BCUT2D eigenvalue weighted by Gasteiger charge is 1.98. The minimum atomic E-state index is 0.0630. The lowest BCUT2D eigenvalue weighted by Gasteiger charge is -1.92. The molecule has 0 aliphatic rings. The molecule has 0 amide bonds. The largest absolute Gasteiger partial charge is 0.392 e. The number of rotatable bonds is 2. The van der Waals surface area contributed by atoms with Gasteiger partial charge in [-0.15, -0.1) is 0 Å². The number of nitrogens with zero attached hydrogens (tertiary/aromatic N) is 4. The van der Waals surface area contributed by atoms with E-state index in [1.54, 1.807) is 18.2 Å². The van der Waals surface area contributed by atoms with E-state index in [0.717, 1.165) is 45.6 Å². The fraction of sp³-hybridized carbons (Fsp3) is 0.0714. The molecule has 0 spiro atoms. The van der Waals surface area contributed by atoms with Crippen LogP contribution < -0.4 is 0 Å². The summed E-state index contributed by atoms with van der Waals surface area (Å²) >= 11 is 2.35. The Kier molecular flexibility index (Phi) is 4.42. The van der Waals surface area contributed by atoms with Gasteiger partial charge in [0.1, 0.15) is 28.4 Å². The molecule has 22 heavy (non-hydrogen) atoms. The van der Waals surface area contributed by atoms with E-state index in [1.165, 1.54) is 11.7 Å². The van der Waals surface area contributed by atoms with Crippen LogP contribution in [-0.4, -0.2) is 28.9 Å². The number of aliphatic hydroxyl groups excluding tert-OH is 1. The summed E-state index contributed by atoms with van der Waals surface area (Å²) in [7, 11) is 0. The fourth-order valence-electron chi connectivity index (χ4n) is 1.80. The Morgan fingerprint density at radius 1 is 0.864 bits per heavy atom. The second kappa shape index (κ2) is 6.65. The van der Waals surface area contributed by atoms with Crippen molar-refractivity contribution in [2.45, 2.75) is 6.61 Å². The fourth-order valence-corrected chi connectivity index (χ4v) is 2.83. The predicted molar refractivity (Wildman–Crippen MR) is 86.1 cm³/mol. The van der Waals surface area contributed by atoms with E-state index < -0.39 is 0 Å². The molecule has 2 heterocycles. The molecule has 2 aromatic heterocycles. The van der Waals surface area contributed by atoms with Crippen LogP contribution in [0.5, 0.6) is 0 Å². The molecule has 0 aliphatic heterocycles. The highest BCUT2D eigenvalue weighted by atomic mass is 32.1. The molecule has 4 rings (SSSR count). The summed E-state index contributed by atoms with van der Waals surface area (Å²) in [6.07, 6.45) is 0.804.